The largest absolute Gasteiger partial charge is 0.573 e. The normalized spacial score (nSPS) is 11.1. The van der Waals surface area contributed by atoms with Gasteiger partial charge in [-0.15, -0.1) is 13.2 Å². The Kier molecular flexibility index (Phi) is 4.46. The number of amides is 1. The molecule has 2 rings (SSSR count). The van der Waals surface area contributed by atoms with Crippen LogP contribution in [-0.2, 0) is 0 Å². The molecule has 0 saturated carbocycles. The molecule has 0 fully saturated rings. The van der Waals surface area contributed by atoms with E-state index in [1.807, 2.05) is 0 Å². The van der Waals surface area contributed by atoms with Crippen molar-refractivity contribution in [3.63, 3.8) is 0 Å². The first-order valence-electron chi connectivity index (χ1n) is 5.96. The molecule has 0 heterocycles. The topological polar surface area (TPSA) is 64.3 Å². The maximum absolute atomic E-state index is 12.2. The molecule has 0 bridgehead atoms. The molecule has 8 heteroatoms. The number of carbonyl (C=O) groups is 1. The summed E-state index contributed by atoms with van der Waals surface area (Å²) in [5, 5.41) is 2.81. The van der Waals surface area contributed by atoms with Crippen LogP contribution in [0, 0.1) is 0 Å². The van der Waals surface area contributed by atoms with Crippen LogP contribution in [0.25, 0.3) is 0 Å². The Hall–Kier alpha value is -2.41. The Morgan fingerprint density at radius 3 is 2.55 bits per heavy atom. The number of hydrogen-bond donors (Lipinski definition) is 2. The van der Waals surface area contributed by atoms with Crippen molar-refractivity contribution in [1.29, 1.82) is 0 Å². The van der Waals surface area contributed by atoms with Gasteiger partial charge >= 0.3 is 6.36 Å². The fraction of sp³-hybridized carbons (Fsp3) is 0.0714. The molecule has 0 aromatic heterocycles. The van der Waals surface area contributed by atoms with E-state index in [-0.39, 0.29) is 5.56 Å². The summed E-state index contributed by atoms with van der Waals surface area (Å²) in [5.74, 6) is -1.10. The SMILES string of the molecule is Nc1cc(Cl)cc(NC(=O)c2cccc(OC(F)(F)F)c2)c1. The summed E-state index contributed by atoms with van der Waals surface area (Å²) in [6.07, 6.45) is -4.82. The van der Waals surface area contributed by atoms with Crippen molar-refractivity contribution in [3.05, 3.63) is 53.1 Å². The lowest BCUT2D eigenvalue weighted by atomic mass is 10.2. The minimum atomic E-state index is -4.82. The number of anilines is 2. The number of carbonyl (C=O) groups excluding carboxylic acids is 1. The number of ether oxygens (including phenoxy) is 1. The fourth-order valence-corrected chi connectivity index (χ4v) is 1.97. The summed E-state index contributed by atoms with van der Waals surface area (Å²) in [5.41, 5.74) is 6.26. The second kappa shape index (κ2) is 6.15. The van der Waals surface area contributed by atoms with Crippen LogP contribution in [-0.4, -0.2) is 12.3 Å². The summed E-state index contributed by atoms with van der Waals surface area (Å²) in [6, 6.07) is 9.15. The quantitative estimate of drug-likeness (QED) is 0.834. The van der Waals surface area contributed by atoms with E-state index in [4.69, 9.17) is 17.3 Å². The summed E-state index contributed by atoms with van der Waals surface area (Å²) >= 11 is 5.80. The first kappa shape index (κ1) is 16.0. The van der Waals surface area contributed by atoms with E-state index in [2.05, 4.69) is 10.1 Å². The molecule has 0 radical (unpaired) electrons. The van der Waals surface area contributed by atoms with Crippen LogP contribution in [0.15, 0.2) is 42.5 Å². The van der Waals surface area contributed by atoms with Crippen molar-refractivity contribution in [3.8, 4) is 5.75 Å². The van der Waals surface area contributed by atoms with E-state index in [1.54, 1.807) is 0 Å². The Morgan fingerprint density at radius 1 is 1.18 bits per heavy atom. The van der Waals surface area contributed by atoms with Crippen LogP contribution >= 0.6 is 11.6 Å². The van der Waals surface area contributed by atoms with Crippen molar-refractivity contribution in [2.75, 3.05) is 11.1 Å². The highest BCUT2D eigenvalue weighted by molar-refractivity contribution is 6.31. The number of hydrogen-bond acceptors (Lipinski definition) is 3. The molecule has 0 saturated heterocycles. The van der Waals surface area contributed by atoms with Crippen molar-refractivity contribution in [1.82, 2.24) is 0 Å². The number of halogens is 4. The molecule has 1 amide bonds. The van der Waals surface area contributed by atoms with Gasteiger partial charge in [0.2, 0.25) is 0 Å². The monoisotopic (exact) mass is 330 g/mol. The van der Waals surface area contributed by atoms with Gasteiger partial charge in [-0.2, -0.15) is 0 Å². The molecular weight excluding hydrogens is 321 g/mol. The fourth-order valence-electron chi connectivity index (χ4n) is 1.72. The van der Waals surface area contributed by atoms with E-state index in [9.17, 15) is 18.0 Å². The molecule has 0 unspecified atom stereocenters. The summed E-state index contributed by atoms with van der Waals surface area (Å²) in [6.45, 7) is 0. The van der Waals surface area contributed by atoms with E-state index >= 15 is 0 Å². The Balaban J connectivity index is 2.17. The lowest BCUT2D eigenvalue weighted by Gasteiger charge is -2.10. The van der Waals surface area contributed by atoms with Gasteiger partial charge in [-0.25, -0.2) is 0 Å². The Morgan fingerprint density at radius 2 is 1.91 bits per heavy atom. The number of nitrogen functional groups attached to an aromatic ring is 1. The van der Waals surface area contributed by atoms with E-state index in [1.165, 1.54) is 30.3 Å². The third kappa shape index (κ3) is 4.56. The third-order valence-electron chi connectivity index (χ3n) is 2.51. The Bertz CT molecular complexity index is 684. The van der Waals surface area contributed by atoms with Gasteiger partial charge in [-0.05, 0) is 36.4 Å². The van der Waals surface area contributed by atoms with Gasteiger partial charge in [-0.3, -0.25) is 4.79 Å². The van der Waals surface area contributed by atoms with Gasteiger partial charge in [0.25, 0.3) is 5.91 Å². The third-order valence-corrected chi connectivity index (χ3v) is 2.73. The molecule has 4 nitrogen and oxygen atoms in total. The van der Waals surface area contributed by atoms with Crippen molar-refractivity contribution >= 4 is 28.9 Å². The lowest BCUT2D eigenvalue weighted by molar-refractivity contribution is -0.274. The molecule has 2 aromatic rings. The van der Waals surface area contributed by atoms with Crippen LogP contribution in [0.2, 0.25) is 5.02 Å². The average Bonchev–Trinajstić information content (AvgIpc) is 2.35. The van der Waals surface area contributed by atoms with Crippen molar-refractivity contribution in [2.24, 2.45) is 0 Å². The highest BCUT2D eigenvalue weighted by Gasteiger charge is 2.31. The Labute approximate surface area is 128 Å². The summed E-state index contributed by atoms with van der Waals surface area (Å²) in [7, 11) is 0. The van der Waals surface area contributed by atoms with Crippen LogP contribution in [0.3, 0.4) is 0 Å². The van der Waals surface area contributed by atoms with Gasteiger partial charge in [-0.1, -0.05) is 17.7 Å². The minimum Gasteiger partial charge on any atom is -0.406 e. The molecule has 0 aliphatic rings. The smallest absolute Gasteiger partial charge is 0.406 e. The zero-order valence-electron chi connectivity index (χ0n) is 10.9. The second-order valence-corrected chi connectivity index (χ2v) is 4.74. The van der Waals surface area contributed by atoms with Crippen LogP contribution in [0.1, 0.15) is 10.4 Å². The number of nitrogens with one attached hydrogen (secondary N) is 1. The molecule has 0 aliphatic carbocycles. The molecule has 0 aliphatic heterocycles. The second-order valence-electron chi connectivity index (χ2n) is 4.30. The lowest BCUT2D eigenvalue weighted by Crippen LogP contribution is -2.18. The first-order chi connectivity index (χ1) is 10.2. The number of benzene rings is 2. The van der Waals surface area contributed by atoms with Crippen molar-refractivity contribution in [2.45, 2.75) is 6.36 Å². The zero-order chi connectivity index (χ0) is 16.3. The predicted octanol–water partition coefficient (Wildman–Crippen LogP) is 4.07. The predicted molar refractivity (Wildman–Crippen MR) is 76.9 cm³/mol. The van der Waals surface area contributed by atoms with Crippen LogP contribution in [0.5, 0.6) is 5.75 Å². The van der Waals surface area contributed by atoms with E-state index in [0.29, 0.717) is 16.4 Å². The maximum atomic E-state index is 12.2. The highest BCUT2D eigenvalue weighted by atomic mass is 35.5. The molecule has 3 N–H and O–H groups in total. The van der Waals surface area contributed by atoms with Gasteiger partial charge in [0.1, 0.15) is 5.75 Å². The van der Waals surface area contributed by atoms with E-state index in [0.717, 1.165) is 12.1 Å². The van der Waals surface area contributed by atoms with E-state index < -0.39 is 18.0 Å². The number of alkyl halides is 3. The maximum Gasteiger partial charge on any atom is 0.573 e. The van der Waals surface area contributed by atoms with Gasteiger partial charge < -0.3 is 15.8 Å². The molecule has 116 valence electrons. The summed E-state index contributed by atoms with van der Waals surface area (Å²) in [4.78, 5) is 12.0. The standard InChI is InChI=1S/C14H10ClF3N2O2/c15-9-5-10(19)7-11(6-9)20-13(21)8-2-1-3-12(4-8)22-14(16,17)18/h1-7H,19H2,(H,20,21). The van der Waals surface area contributed by atoms with Gasteiger partial charge in [0, 0.05) is 22.0 Å². The molecule has 0 spiro atoms. The van der Waals surface area contributed by atoms with Crippen LogP contribution < -0.4 is 15.8 Å². The highest BCUT2D eigenvalue weighted by Crippen LogP contribution is 2.24. The minimum absolute atomic E-state index is 0.000275. The average molecular weight is 331 g/mol. The molecular formula is C14H10ClF3N2O2. The van der Waals surface area contributed by atoms with Gasteiger partial charge in [0.05, 0.1) is 0 Å². The molecule has 0 atom stereocenters. The molecule has 2 aromatic carbocycles. The van der Waals surface area contributed by atoms with Crippen LogP contribution in [0.4, 0.5) is 24.5 Å². The summed E-state index contributed by atoms with van der Waals surface area (Å²) < 4.78 is 40.2. The zero-order valence-corrected chi connectivity index (χ0v) is 11.7. The van der Waals surface area contributed by atoms with Gasteiger partial charge in [0.15, 0.2) is 0 Å². The van der Waals surface area contributed by atoms with Crippen molar-refractivity contribution < 1.29 is 22.7 Å². The first-order valence-corrected chi connectivity index (χ1v) is 6.34. The number of nitrogens with two attached hydrogens (primary N) is 1. The molecule has 22 heavy (non-hydrogen) atoms. The number of rotatable bonds is 3.